The van der Waals surface area contributed by atoms with E-state index in [0.717, 1.165) is 0 Å². The zero-order chi connectivity index (χ0) is 11.4. The van der Waals surface area contributed by atoms with Gasteiger partial charge >= 0.3 is 0 Å². The maximum Gasteiger partial charge on any atom is 0.109 e. The topological polar surface area (TPSA) is 64.2 Å². The predicted molar refractivity (Wildman–Crippen MR) is 57.7 cm³/mol. The maximum absolute atomic E-state index is 9.71. The Kier molecular flexibility index (Phi) is 4.37. The second-order valence-corrected chi connectivity index (χ2v) is 3.82. The molecule has 0 saturated heterocycles. The van der Waals surface area contributed by atoms with Crippen molar-refractivity contribution in [2.75, 3.05) is 0 Å². The minimum atomic E-state index is -1.24. The number of aliphatic hydroxyl groups excluding tert-OH is 2. The van der Waals surface area contributed by atoms with Gasteiger partial charge in [-0.15, -0.1) is 0 Å². The zero-order valence-electron chi connectivity index (χ0n) is 7.69. The Morgan fingerprint density at radius 2 is 1.80 bits per heavy atom. The van der Waals surface area contributed by atoms with Crippen LogP contribution in [0.5, 0.6) is 0 Å². The van der Waals surface area contributed by atoms with Crippen molar-refractivity contribution >= 4 is 23.2 Å². The van der Waals surface area contributed by atoms with Gasteiger partial charge in [0.1, 0.15) is 6.10 Å². The number of nitriles is 1. The van der Waals surface area contributed by atoms with Crippen LogP contribution in [0.2, 0.25) is 10.0 Å². The molecule has 0 radical (unpaired) electrons. The molecular formula is C10H9Cl2NO2. The van der Waals surface area contributed by atoms with Crippen LogP contribution in [0, 0.1) is 11.3 Å². The summed E-state index contributed by atoms with van der Waals surface area (Å²) in [6.45, 7) is 0. The molecule has 0 aliphatic heterocycles. The van der Waals surface area contributed by atoms with Crippen molar-refractivity contribution in [3.8, 4) is 6.07 Å². The molecule has 0 aliphatic rings. The number of nitrogens with zero attached hydrogens (tertiary/aromatic N) is 1. The molecule has 1 aromatic carbocycles. The highest BCUT2D eigenvalue weighted by molar-refractivity contribution is 6.36. The molecule has 1 rings (SSSR count). The minimum Gasteiger partial charge on any atom is -0.389 e. The Morgan fingerprint density at radius 1 is 1.27 bits per heavy atom. The number of benzene rings is 1. The molecule has 1 aromatic rings. The predicted octanol–water partition coefficient (Wildman–Crippen LogP) is 2.30. The Morgan fingerprint density at radius 3 is 2.27 bits per heavy atom. The third-order valence-electron chi connectivity index (χ3n) is 1.96. The van der Waals surface area contributed by atoms with E-state index in [0.29, 0.717) is 0 Å². The van der Waals surface area contributed by atoms with Crippen LogP contribution in [0.3, 0.4) is 0 Å². The molecule has 0 spiro atoms. The molecule has 15 heavy (non-hydrogen) atoms. The first-order valence-corrected chi connectivity index (χ1v) is 5.00. The van der Waals surface area contributed by atoms with Crippen LogP contribution in [0.1, 0.15) is 18.1 Å². The molecular weight excluding hydrogens is 237 g/mol. The summed E-state index contributed by atoms with van der Waals surface area (Å²) in [5, 5.41) is 28.1. The van der Waals surface area contributed by atoms with Crippen LogP contribution in [0.15, 0.2) is 18.2 Å². The van der Waals surface area contributed by atoms with E-state index in [2.05, 4.69) is 0 Å². The van der Waals surface area contributed by atoms with E-state index >= 15 is 0 Å². The third kappa shape index (κ3) is 2.83. The molecule has 3 nitrogen and oxygen atoms in total. The van der Waals surface area contributed by atoms with Gasteiger partial charge in [-0.2, -0.15) is 5.26 Å². The van der Waals surface area contributed by atoms with Gasteiger partial charge in [-0.25, -0.2) is 0 Å². The molecule has 2 unspecified atom stereocenters. The van der Waals surface area contributed by atoms with Gasteiger partial charge in [0.05, 0.1) is 18.6 Å². The average Bonchev–Trinajstić information content (AvgIpc) is 2.17. The van der Waals surface area contributed by atoms with Gasteiger partial charge < -0.3 is 10.2 Å². The van der Waals surface area contributed by atoms with Gasteiger partial charge in [0.25, 0.3) is 0 Å². The van der Waals surface area contributed by atoms with Crippen molar-refractivity contribution in [3.05, 3.63) is 33.8 Å². The first-order chi connectivity index (χ1) is 7.07. The molecule has 0 aromatic heterocycles. The lowest BCUT2D eigenvalue weighted by atomic mass is 10.0. The molecule has 0 heterocycles. The van der Waals surface area contributed by atoms with Crippen molar-refractivity contribution in [2.24, 2.45) is 0 Å². The molecule has 2 N–H and O–H groups in total. The second-order valence-electron chi connectivity index (χ2n) is 3.01. The summed E-state index contributed by atoms with van der Waals surface area (Å²) < 4.78 is 0. The van der Waals surface area contributed by atoms with Crippen LogP contribution in [0.25, 0.3) is 0 Å². The van der Waals surface area contributed by atoms with Crippen LogP contribution < -0.4 is 0 Å². The van der Waals surface area contributed by atoms with E-state index in [-0.39, 0.29) is 22.0 Å². The molecule has 0 amide bonds. The van der Waals surface area contributed by atoms with Crippen molar-refractivity contribution in [3.63, 3.8) is 0 Å². The fourth-order valence-corrected chi connectivity index (χ4v) is 1.81. The summed E-state index contributed by atoms with van der Waals surface area (Å²) >= 11 is 11.7. The highest BCUT2D eigenvalue weighted by Gasteiger charge is 2.22. The maximum atomic E-state index is 9.71. The quantitative estimate of drug-likeness (QED) is 0.859. The molecule has 5 heteroatoms. The normalized spacial score (nSPS) is 14.3. The van der Waals surface area contributed by atoms with E-state index in [1.165, 1.54) is 0 Å². The van der Waals surface area contributed by atoms with Crippen molar-refractivity contribution in [1.29, 1.82) is 5.26 Å². The second kappa shape index (κ2) is 5.34. The summed E-state index contributed by atoms with van der Waals surface area (Å²) in [6, 6.07) is 6.52. The van der Waals surface area contributed by atoms with E-state index in [4.69, 9.17) is 28.5 Å². The largest absolute Gasteiger partial charge is 0.389 e. The summed E-state index contributed by atoms with van der Waals surface area (Å²) in [6.07, 6.45) is -2.61. The number of hydrogen-bond acceptors (Lipinski definition) is 3. The standard InChI is InChI=1S/C10H9Cl2NO2/c11-6-2-1-3-7(12)9(6)10(15)8(14)4-5-13/h1-3,8,10,14-15H,4H2. The highest BCUT2D eigenvalue weighted by Crippen LogP contribution is 2.32. The monoisotopic (exact) mass is 245 g/mol. The Balaban J connectivity index is 3.01. The average molecular weight is 246 g/mol. The van der Waals surface area contributed by atoms with Crippen LogP contribution in [-0.2, 0) is 0 Å². The van der Waals surface area contributed by atoms with Gasteiger partial charge in [-0.3, -0.25) is 0 Å². The lowest BCUT2D eigenvalue weighted by molar-refractivity contribution is 0.0217. The molecule has 2 atom stereocenters. The van der Waals surface area contributed by atoms with Crippen LogP contribution >= 0.6 is 23.2 Å². The molecule has 80 valence electrons. The SMILES string of the molecule is N#CCC(O)C(O)c1c(Cl)cccc1Cl. The highest BCUT2D eigenvalue weighted by atomic mass is 35.5. The fourth-order valence-electron chi connectivity index (χ4n) is 1.19. The number of aliphatic hydroxyl groups is 2. The van der Waals surface area contributed by atoms with Gasteiger partial charge in [0.15, 0.2) is 0 Å². The summed E-state index contributed by atoms with van der Waals surface area (Å²) in [7, 11) is 0. The number of halogens is 2. The molecule has 0 bridgehead atoms. The van der Waals surface area contributed by atoms with Crippen molar-refractivity contribution < 1.29 is 10.2 Å². The van der Waals surface area contributed by atoms with Crippen LogP contribution in [0.4, 0.5) is 0 Å². The smallest absolute Gasteiger partial charge is 0.109 e. The molecule has 0 fully saturated rings. The molecule has 0 aliphatic carbocycles. The summed E-state index contributed by atoms with van der Waals surface area (Å²) in [5.41, 5.74) is 0.253. The third-order valence-corrected chi connectivity index (χ3v) is 2.62. The number of hydrogen-bond donors (Lipinski definition) is 2. The summed E-state index contributed by atoms with van der Waals surface area (Å²) in [5.74, 6) is 0. The van der Waals surface area contributed by atoms with E-state index < -0.39 is 12.2 Å². The van der Waals surface area contributed by atoms with Gasteiger partial charge in [0.2, 0.25) is 0 Å². The van der Waals surface area contributed by atoms with E-state index in [1.54, 1.807) is 24.3 Å². The Hall–Kier alpha value is -0.790. The van der Waals surface area contributed by atoms with Crippen LogP contribution in [-0.4, -0.2) is 16.3 Å². The summed E-state index contributed by atoms with van der Waals surface area (Å²) in [4.78, 5) is 0. The van der Waals surface area contributed by atoms with Crippen molar-refractivity contribution in [2.45, 2.75) is 18.6 Å². The fraction of sp³-hybridized carbons (Fsp3) is 0.300. The van der Waals surface area contributed by atoms with Gasteiger partial charge in [-0.05, 0) is 12.1 Å². The van der Waals surface area contributed by atoms with Gasteiger partial charge in [-0.1, -0.05) is 29.3 Å². The van der Waals surface area contributed by atoms with Crippen molar-refractivity contribution in [1.82, 2.24) is 0 Å². The Bertz CT molecular complexity index is 369. The first kappa shape index (κ1) is 12.3. The minimum absolute atomic E-state index is 0.178. The Labute approximate surface area is 97.5 Å². The molecule has 0 saturated carbocycles. The lowest BCUT2D eigenvalue weighted by Gasteiger charge is -2.17. The lowest BCUT2D eigenvalue weighted by Crippen LogP contribution is -2.18. The van der Waals surface area contributed by atoms with E-state index in [1.807, 2.05) is 0 Å². The van der Waals surface area contributed by atoms with E-state index in [9.17, 15) is 10.2 Å². The number of rotatable bonds is 3. The van der Waals surface area contributed by atoms with Gasteiger partial charge in [0, 0.05) is 15.6 Å². The first-order valence-electron chi connectivity index (χ1n) is 4.25. The zero-order valence-corrected chi connectivity index (χ0v) is 9.20.